The highest BCUT2D eigenvalue weighted by atomic mass is 35.5. The highest BCUT2D eigenvalue weighted by molar-refractivity contribution is 7.89. The van der Waals surface area contributed by atoms with Gasteiger partial charge in [0, 0.05) is 28.9 Å². The average Bonchev–Trinajstić information content (AvgIpc) is 3.16. The summed E-state index contributed by atoms with van der Waals surface area (Å²) in [4.78, 5) is 12.4. The molecule has 3 rings (SSSR count). The predicted molar refractivity (Wildman–Crippen MR) is 102 cm³/mol. The van der Waals surface area contributed by atoms with Gasteiger partial charge in [0.05, 0.1) is 16.8 Å². The molecule has 0 radical (unpaired) electrons. The van der Waals surface area contributed by atoms with Crippen LogP contribution in [0.4, 0.5) is 0 Å². The number of benzene rings is 2. The second-order valence-electron chi connectivity index (χ2n) is 5.69. The summed E-state index contributed by atoms with van der Waals surface area (Å²) in [5.41, 5.74) is 1.91. The van der Waals surface area contributed by atoms with E-state index in [1.165, 1.54) is 25.2 Å². The molecule has 2 N–H and O–H groups in total. The lowest BCUT2D eigenvalue weighted by atomic mass is 10.2. The van der Waals surface area contributed by atoms with Gasteiger partial charge in [-0.1, -0.05) is 17.7 Å². The fourth-order valence-corrected chi connectivity index (χ4v) is 3.29. The molecule has 9 heteroatoms. The van der Waals surface area contributed by atoms with E-state index in [1.54, 1.807) is 35.3 Å². The molecular formula is C18H17ClN4O3S. The van der Waals surface area contributed by atoms with Crippen LogP contribution in [0.15, 0.2) is 65.8 Å². The van der Waals surface area contributed by atoms with E-state index in [0.717, 1.165) is 11.3 Å². The molecule has 2 aromatic carbocycles. The molecule has 0 aliphatic rings. The van der Waals surface area contributed by atoms with E-state index in [2.05, 4.69) is 15.1 Å². The van der Waals surface area contributed by atoms with Crippen molar-refractivity contribution in [2.75, 3.05) is 7.05 Å². The maximum absolute atomic E-state index is 12.3. The number of carbonyl (C=O) groups excluding carboxylic acids is 1. The van der Waals surface area contributed by atoms with Crippen LogP contribution in [0, 0.1) is 0 Å². The van der Waals surface area contributed by atoms with Crippen molar-refractivity contribution in [1.29, 1.82) is 0 Å². The van der Waals surface area contributed by atoms with Crippen LogP contribution in [0.25, 0.3) is 5.69 Å². The summed E-state index contributed by atoms with van der Waals surface area (Å²) in [6.07, 6.45) is 3.45. The summed E-state index contributed by atoms with van der Waals surface area (Å²) in [7, 11) is -2.28. The number of hydrogen-bond donors (Lipinski definition) is 2. The van der Waals surface area contributed by atoms with Gasteiger partial charge in [-0.2, -0.15) is 5.10 Å². The Morgan fingerprint density at radius 3 is 2.63 bits per heavy atom. The van der Waals surface area contributed by atoms with E-state index < -0.39 is 10.0 Å². The Morgan fingerprint density at radius 2 is 1.93 bits per heavy atom. The maximum atomic E-state index is 12.3. The fourth-order valence-electron chi connectivity index (χ4n) is 2.39. The Morgan fingerprint density at radius 1 is 1.19 bits per heavy atom. The number of hydrogen-bond acceptors (Lipinski definition) is 4. The molecule has 0 fully saturated rings. The summed E-state index contributed by atoms with van der Waals surface area (Å²) >= 11 is 5.88. The van der Waals surface area contributed by atoms with Crippen LogP contribution in [-0.4, -0.2) is 31.2 Å². The zero-order valence-electron chi connectivity index (χ0n) is 14.4. The molecule has 1 amide bonds. The quantitative estimate of drug-likeness (QED) is 0.659. The molecule has 140 valence electrons. The first kappa shape index (κ1) is 19.1. The second-order valence-corrected chi connectivity index (χ2v) is 8.01. The van der Waals surface area contributed by atoms with Gasteiger partial charge in [-0.3, -0.25) is 4.79 Å². The van der Waals surface area contributed by atoms with Crippen LogP contribution in [0.2, 0.25) is 5.02 Å². The minimum atomic E-state index is -3.60. The molecule has 0 aliphatic carbocycles. The fraction of sp³-hybridized carbons (Fsp3) is 0.111. The van der Waals surface area contributed by atoms with Gasteiger partial charge in [0.1, 0.15) is 0 Å². The largest absolute Gasteiger partial charge is 0.348 e. The van der Waals surface area contributed by atoms with Crippen LogP contribution in [-0.2, 0) is 16.6 Å². The Kier molecular flexibility index (Phi) is 5.59. The SMILES string of the molecule is CNS(=O)(=O)c1cccc(C(=O)NCc2cnn(-c3ccc(Cl)cc3)c2)c1. The Bertz CT molecular complexity index is 1060. The van der Waals surface area contributed by atoms with E-state index in [0.29, 0.717) is 5.02 Å². The summed E-state index contributed by atoms with van der Waals surface area (Å²) in [6.45, 7) is 0.259. The van der Waals surface area contributed by atoms with E-state index >= 15 is 0 Å². The van der Waals surface area contributed by atoms with Gasteiger partial charge in [0.25, 0.3) is 5.91 Å². The van der Waals surface area contributed by atoms with Crippen molar-refractivity contribution in [3.63, 3.8) is 0 Å². The minimum absolute atomic E-state index is 0.0354. The lowest BCUT2D eigenvalue weighted by Crippen LogP contribution is -2.24. The third-order valence-corrected chi connectivity index (χ3v) is 5.52. The number of rotatable bonds is 6. The van der Waals surface area contributed by atoms with Crippen LogP contribution < -0.4 is 10.0 Å². The summed E-state index contributed by atoms with van der Waals surface area (Å²) in [5.74, 6) is -0.373. The molecule has 0 saturated carbocycles. The number of sulfonamides is 1. The number of amides is 1. The van der Waals surface area contributed by atoms with Crippen LogP contribution >= 0.6 is 11.6 Å². The number of nitrogens with one attached hydrogen (secondary N) is 2. The normalized spacial score (nSPS) is 11.3. The van der Waals surface area contributed by atoms with Crippen LogP contribution in [0.1, 0.15) is 15.9 Å². The summed E-state index contributed by atoms with van der Waals surface area (Å²) in [6, 6.07) is 13.1. The van der Waals surface area contributed by atoms with Crippen LogP contribution in [0.5, 0.6) is 0 Å². The Balaban J connectivity index is 1.68. The van der Waals surface area contributed by atoms with Gasteiger partial charge in [-0.25, -0.2) is 17.8 Å². The molecule has 0 spiro atoms. The van der Waals surface area contributed by atoms with Gasteiger partial charge in [0.2, 0.25) is 10.0 Å². The molecule has 27 heavy (non-hydrogen) atoms. The molecular weight excluding hydrogens is 388 g/mol. The number of aromatic nitrogens is 2. The highest BCUT2D eigenvalue weighted by Gasteiger charge is 2.14. The van der Waals surface area contributed by atoms with Crippen molar-refractivity contribution in [3.05, 3.63) is 77.1 Å². The van der Waals surface area contributed by atoms with Crippen molar-refractivity contribution in [1.82, 2.24) is 19.8 Å². The monoisotopic (exact) mass is 404 g/mol. The molecule has 1 heterocycles. The molecule has 3 aromatic rings. The van der Waals surface area contributed by atoms with Crippen LogP contribution in [0.3, 0.4) is 0 Å². The van der Waals surface area contributed by atoms with Gasteiger partial charge in [0.15, 0.2) is 0 Å². The molecule has 0 unspecified atom stereocenters. The first-order chi connectivity index (χ1) is 12.9. The number of nitrogens with zero attached hydrogens (tertiary/aromatic N) is 2. The summed E-state index contributed by atoms with van der Waals surface area (Å²) in [5, 5.41) is 7.66. The van der Waals surface area contributed by atoms with Gasteiger partial charge >= 0.3 is 0 Å². The molecule has 7 nitrogen and oxygen atoms in total. The Labute approximate surface area is 162 Å². The van der Waals surface area contributed by atoms with Gasteiger partial charge in [-0.05, 0) is 49.5 Å². The van der Waals surface area contributed by atoms with Crippen molar-refractivity contribution in [3.8, 4) is 5.69 Å². The van der Waals surface area contributed by atoms with Crippen molar-refractivity contribution >= 4 is 27.5 Å². The van der Waals surface area contributed by atoms with E-state index in [1.807, 2.05) is 12.1 Å². The number of carbonyl (C=O) groups is 1. The van der Waals surface area contributed by atoms with Crippen molar-refractivity contribution in [2.45, 2.75) is 11.4 Å². The number of halogens is 1. The zero-order chi connectivity index (χ0) is 19.4. The lowest BCUT2D eigenvalue weighted by molar-refractivity contribution is 0.0950. The van der Waals surface area contributed by atoms with Gasteiger partial charge in [-0.15, -0.1) is 0 Å². The standard InChI is InChI=1S/C18H17ClN4O3S/c1-20-27(25,26)17-4-2-3-14(9-17)18(24)21-10-13-11-22-23(12-13)16-7-5-15(19)6-8-16/h2-9,11-12,20H,10H2,1H3,(H,21,24). The predicted octanol–water partition coefficient (Wildman–Crippen LogP) is 2.36. The molecule has 0 bridgehead atoms. The zero-order valence-corrected chi connectivity index (χ0v) is 16.0. The highest BCUT2D eigenvalue weighted by Crippen LogP contribution is 2.14. The lowest BCUT2D eigenvalue weighted by Gasteiger charge is -2.06. The average molecular weight is 405 g/mol. The molecule has 0 aliphatic heterocycles. The first-order valence-electron chi connectivity index (χ1n) is 8.00. The van der Waals surface area contributed by atoms with Gasteiger partial charge < -0.3 is 5.32 Å². The van der Waals surface area contributed by atoms with E-state index in [-0.39, 0.29) is 22.9 Å². The third kappa shape index (κ3) is 4.54. The summed E-state index contributed by atoms with van der Waals surface area (Å²) < 4.78 is 27.6. The smallest absolute Gasteiger partial charge is 0.251 e. The topological polar surface area (TPSA) is 93.1 Å². The Hall–Kier alpha value is -2.68. The minimum Gasteiger partial charge on any atom is -0.348 e. The second kappa shape index (κ2) is 7.91. The first-order valence-corrected chi connectivity index (χ1v) is 9.86. The van der Waals surface area contributed by atoms with E-state index in [9.17, 15) is 13.2 Å². The van der Waals surface area contributed by atoms with Crippen molar-refractivity contribution in [2.24, 2.45) is 0 Å². The maximum Gasteiger partial charge on any atom is 0.251 e. The third-order valence-electron chi connectivity index (χ3n) is 3.86. The van der Waals surface area contributed by atoms with Crippen molar-refractivity contribution < 1.29 is 13.2 Å². The molecule has 1 aromatic heterocycles. The van der Waals surface area contributed by atoms with E-state index in [4.69, 9.17) is 11.6 Å². The molecule has 0 atom stereocenters. The molecule has 0 saturated heterocycles.